The summed E-state index contributed by atoms with van der Waals surface area (Å²) in [6, 6.07) is -1.21. The highest BCUT2D eigenvalue weighted by atomic mass is 16.6. The van der Waals surface area contributed by atoms with Gasteiger partial charge < -0.3 is 19.5 Å². The van der Waals surface area contributed by atoms with Crippen LogP contribution in [0.5, 0.6) is 0 Å². The Morgan fingerprint density at radius 1 is 1.05 bits per heavy atom. The fraction of sp³-hybridized carbons (Fsp3) is 0.750. The second-order valence-corrected chi connectivity index (χ2v) is 5.20. The number of ether oxygens (including phenoxy) is 3. The quantitative estimate of drug-likeness (QED) is 0.466. The van der Waals surface area contributed by atoms with Gasteiger partial charge in [-0.2, -0.15) is 0 Å². The predicted molar refractivity (Wildman–Crippen MR) is 67.5 cm³/mol. The number of epoxide rings is 3. The third kappa shape index (κ3) is 4.13. The van der Waals surface area contributed by atoms with Gasteiger partial charge in [0, 0.05) is 6.54 Å². The first kappa shape index (κ1) is 14.2. The maximum absolute atomic E-state index is 12.3. The lowest BCUT2D eigenvalue weighted by atomic mass is 10.4. The Morgan fingerprint density at radius 2 is 1.62 bits per heavy atom. The number of amides is 5. The number of urea groups is 2. The third-order valence-corrected chi connectivity index (χ3v) is 3.32. The number of rotatable bonds is 7. The minimum atomic E-state index is -0.662. The molecule has 0 bridgehead atoms. The van der Waals surface area contributed by atoms with E-state index in [1.54, 1.807) is 0 Å². The Morgan fingerprint density at radius 3 is 2.14 bits per heavy atom. The van der Waals surface area contributed by atoms with Gasteiger partial charge in [-0.15, -0.1) is 0 Å². The van der Waals surface area contributed by atoms with Crippen LogP contribution in [0.3, 0.4) is 0 Å². The van der Waals surface area contributed by atoms with E-state index in [0.717, 1.165) is 9.80 Å². The van der Waals surface area contributed by atoms with E-state index in [1.807, 2.05) is 0 Å². The number of nitrogens with zero attached hydrogens (tertiary/aromatic N) is 2. The number of carbonyl (C=O) groups excluding carboxylic acids is 3. The van der Waals surface area contributed by atoms with Crippen molar-refractivity contribution >= 4 is 18.5 Å². The van der Waals surface area contributed by atoms with Gasteiger partial charge >= 0.3 is 12.1 Å². The molecule has 0 saturated carbocycles. The minimum Gasteiger partial charge on any atom is -0.371 e. The van der Waals surface area contributed by atoms with E-state index in [-0.39, 0.29) is 31.4 Å². The van der Waals surface area contributed by atoms with Crippen LogP contribution in [0.4, 0.5) is 9.59 Å². The third-order valence-electron chi connectivity index (χ3n) is 3.32. The predicted octanol–water partition coefficient (Wildman–Crippen LogP) is -1.23. The number of imide groups is 2. The Kier molecular flexibility index (Phi) is 4.04. The number of nitrogens with one attached hydrogen (secondary N) is 1. The Hall–Kier alpha value is -1.71. The zero-order valence-corrected chi connectivity index (χ0v) is 11.4. The van der Waals surface area contributed by atoms with E-state index >= 15 is 0 Å². The minimum absolute atomic E-state index is 0.0186. The van der Waals surface area contributed by atoms with Crippen molar-refractivity contribution in [2.45, 2.75) is 18.3 Å². The first-order chi connectivity index (χ1) is 10.2. The highest BCUT2D eigenvalue weighted by Gasteiger charge is 2.36. The second kappa shape index (κ2) is 5.96. The van der Waals surface area contributed by atoms with E-state index < -0.39 is 12.1 Å². The van der Waals surface area contributed by atoms with Gasteiger partial charge in [-0.05, 0) is 0 Å². The van der Waals surface area contributed by atoms with Gasteiger partial charge in [-0.3, -0.25) is 9.69 Å². The van der Waals surface area contributed by atoms with E-state index in [0.29, 0.717) is 32.8 Å². The second-order valence-electron chi connectivity index (χ2n) is 5.20. The highest BCUT2D eigenvalue weighted by Crippen LogP contribution is 2.15. The maximum atomic E-state index is 12.3. The largest absolute Gasteiger partial charge is 0.371 e. The lowest BCUT2D eigenvalue weighted by Gasteiger charge is -2.25. The van der Waals surface area contributed by atoms with Gasteiger partial charge in [-0.25, -0.2) is 14.5 Å². The molecule has 3 aliphatic heterocycles. The molecule has 9 heteroatoms. The smallest absolute Gasteiger partial charge is 0.334 e. The summed E-state index contributed by atoms with van der Waals surface area (Å²) in [5.74, 6) is 0. The Labute approximate surface area is 121 Å². The van der Waals surface area contributed by atoms with Crippen molar-refractivity contribution in [2.75, 3.05) is 39.5 Å². The molecule has 9 nitrogen and oxygen atoms in total. The fourth-order valence-corrected chi connectivity index (χ4v) is 1.82. The highest BCUT2D eigenvalue weighted by molar-refractivity contribution is 5.97. The number of carbonyl (C=O) groups is 3. The summed E-state index contributed by atoms with van der Waals surface area (Å²) in [4.78, 5) is 37.4. The summed E-state index contributed by atoms with van der Waals surface area (Å²) in [5, 5.41) is 2.62. The maximum Gasteiger partial charge on any atom is 0.334 e. The van der Waals surface area contributed by atoms with Gasteiger partial charge in [0.2, 0.25) is 6.41 Å². The van der Waals surface area contributed by atoms with E-state index in [4.69, 9.17) is 14.2 Å². The first-order valence-corrected chi connectivity index (χ1v) is 6.83. The van der Waals surface area contributed by atoms with Crippen molar-refractivity contribution < 1.29 is 28.6 Å². The van der Waals surface area contributed by atoms with Crippen LogP contribution in [-0.2, 0) is 19.0 Å². The molecule has 3 rings (SSSR count). The molecule has 3 atom stereocenters. The number of hydrogen-bond donors (Lipinski definition) is 1. The monoisotopic (exact) mass is 299 g/mol. The van der Waals surface area contributed by atoms with Crippen LogP contribution in [0.25, 0.3) is 0 Å². The van der Waals surface area contributed by atoms with E-state index in [1.165, 1.54) is 0 Å². The van der Waals surface area contributed by atoms with Crippen LogP contribution < -0.4 is 5.32 Å². The topological polar surface area (TPSA) is 107 Å². The molecule has 0 aromatic rings. The number of hydrogen-bond acceptors (Lipinski definition) is 6. The van der Waals surface area contributed by atoms with E-state index in [2.05, 4.69) is 5.32 Å². The lowest BCUT2D eigenvalue weighted by molar-refractivity contribution is -0.116. The summed E-state index contributed by atoms with van der Waals surface area (Å²) >= 11 is 0. The molecule has 0 aromatic heterocycles. The molecule has 5 amide bonds. The molecule has 3 aliphatic rings. The van der Waals surface area contributed by atoms with Crippen molar-refractivity contribution in [3.8, 4) is 0 Å². The van der Waals surface area contributed by atoms with Crippen LogP contribution in [0.1, 0.15) is 0 Å². The van der Waals surface area contributed by atoms with Crippen LogP contribution in [-0.4, -0.2) is 86.0 Å². The normalized spacial score (nSPS) is 28.5. The fourth-order valence-electron chi connectivity index (χ4n) is 1.82. The molecule has 3 saturated heterocycles. The summed E-state index contributed by atoms with van der Waals surface area (Å²) in [5.41, 5.74) is 0. The van der Waals surface area contributed by atoms with Crippen LogP contribution >= 0.6 is 0 Å². The van der Waals surface area contributed by atoms with Crippen LogP contribution in [0.15, 0.2) is 0 Å². The summed E-state index contributed by atoms with van der Waals surface area (Å²) in [7, 11) is 0. The first-order valence-electron chi connectivity index (χ1n) is 6.83. The Bertz CT molecular complexity index is 433. The van der Waals surface area contributed by atoms with Crippen LogP contribution in [0.2, 0.25) is 0 Å². The van der Waals surface area contributed by atoms with Crippen molar-refractivity contribution in [2.24, 2.45) is 0 Å². The molecule has 3 unspecified atom stereocenters. The zero-order chi connectivity index (χ0) is 14.8. The van der Waals surface area contributed by atoms with Gasteiger partial charge in [0.25, 0.3) is 0 Å². The van der Waals surface area contributed by atoms with Crippen molar-refractivity contribution in [1.29, 1.82) is 0 Å². The SMILES string of the molecule is O=CN(CC1CO1)C(=O)N(CC1CO1)C(=O)NCC1CO1. The zero-order valence-electron chi connectivity index (χ0n) is 11.4. The Balaban J connectivity index is 1.58. The summed E-state index contributed by atoms with van der Waals surface area (Å²) in [6.07, 6.45) is 0.163. The molecule has 21 heavy (non-hydrogen) atoms. The van der Waals surface area contributed by atoms with Crippen LogP contribution in [0, 0.1) is 0 Å². The molecule has 116 valence electrons. The van der Waals surface area contributed by atoms with E-state index in [9.17, 15) is 14.4 Å². The molecular formula is C12H17N3O6. The van der Waals surface area contributed by atoms with Crippen molar-refractivity contribution in [1.82, 2.24) is 15.1 Å². The molecule has 0 spiro atoms. The molecule has 0 aliphatic carbocycles. The molecule has 0 aromatic carbocycles. The molecule has 3 heterocycles. The van der Waals surface area contributed by atoms with Crippen molar-refractivity contribution in [3.63, 3.8) is 0 Å². The summed E-state index contributed by atoms with van der Waals surface area (Å²) in [6.45, 7) is 2.28. The standard InChI is InChI=1S/C12H17N3O6/c16-7-14(2-9-5-20-9)12(18)15(3-10-6-21-10)11(17)13-1-8-4-19-8/h7-10H,1-6H2,(H,13,17). The molecule has 3 fully saturated rings. The summed E-state index contributed by atoms with van der Waals surface area (Å²) < 4.78 is 15.0. The average Bonchev–Trinajstić information content (AvgIpc) is 3.34. The van der Waals surface area contributed by atoms with Gasteiger partial charge in [-0.1, -0.05) is 0 Å². The molecule has 1 N–H and O–H groups in total. The lowest BCUT2D eigenvalue weighted by Crippen LogP contribution is -2.52. The van der Waals surface area contributed by atoms with Gasteiger partial charge in [0.1, 0.15) is 0 Å². The van der Waals surface area contributed by atoms with Gasteiger partial charge in [0.05, 0.1) is 51.2 Å². The molecular weight excluding hydrogens is 282 g/mol. The molecule has 0 radical (unpaired) electrons. The average molecular weight is 299 g/mol. The van der Waals surface area contributed by atoms with Crippen molar-refractivity contribution in [3.05, 3.63) is 0 Å². The van der Waals surface area contributed by atoms with Gasteiger partial charge in [0.15, 0.2) is 0 Å².